The molecule has 1 aliphatic heterocycles. The normalized spacial score (nSPS) is 19.5. The molecule has 1 fully saturated rings. The molecular weight excluding hydrogens is 250 g/mol. The van der Waals surface area contributed by atoms with Gasteiger partial charge in [0.2, 0.25) is 10.0 Å². The molecular formula is C13H19NO3S. The van der Waals surface area contributed by atoms with Crippen LogP contribution in [-0.4, -0.2) is 36.5 Å². The number of hydrogen-bond donors (Lipinski definition) is 1. The van der Waals surface area contributed by atoms with Gasteiger partial charge in [-0.15, -0.1) is 0 Å². The van der Waals surface area contributed by atoms with Crippen LogP contribution in [0.4, 0.5) is 0 Å². The van der Waals surface area contributed by atoms with E-state index in [1.54, 1.807) is 19.1 Å². The standard InChI is InChI=1S/C13H19NO3S/c1-3-4-11-5-7-12(8-6-11)18(16,17)14-9-13(2,15)10-14/h5-8,15H,3-4,9-10H2,1-2H3. The van der Waals surface area contributed by atoms with Gasteiger partial charge in [0.25, 0.3) is 0 Å². The van der Waals surface area contributed by atoms with Crippen molar-refractivity contribution in [2.45, 2.75) is 37.2 Å². The van der Waals surface area contributed by atoms with Crippen molar-refractivity contribution in [2.75, 3.05) is 13.1 Å². The Morgan fingerprint density at radius 2 is 1.83 bits per heavy atom. The number of aryl methyl sites for hydroxylation is 1. The van der Waals surface area contributed by atoms with Crippen LogP contribution in [0.25, 0.3) is 0 Å². The lowest BCUT2D eigenvalue weighted by atomic mass is 10.0. The summed E-state index contributed by atoms with van der Waals surface area (Å²) in [6, 6.07) is 7.00. The lowest BCUT2D eigenvalue weighted by molar-refractivity contribution is -0.0426. The fourth-order valence-corrected chi connectivity index (χ4v) is 3.82. The Hall–Kier alpha value is -0.910. The second kappa shape index (κ2) is 4.64. The number of sulfonamides is 1. The minimum Gasteiger partial charge on any atom is -0.387 e. The second-order valence-corrected chi connectivity index (χ2v) is 7.10. The summed E-state index contributed by atoms with van der Waals surface area (Å²) in [6.07, 6.45) is 2.00. The molecule has 4 nitrogen and oxygen atoms in total. The maximum atomic E-state index is 12.2. The van der Waals surface area contributed by atoms with Gasteiger partial charge < -0.3 is 5.11 Å². The minimum atomic E-state index is -3.43. The number of aliphatic hydroxyl groups is 1. The Labute approximate surface area is 108 Å². The third-order valence-electron chi connectivity index (χ3n) is 3.13. The average molecular weight is 269 g/mol. The summed E-state index contributed by atoms with van der Waals surface area (Å²) in [7, 11) is -3.43. The first-order chi connectivity index (χ1) is 8.35. The predicted octanol–water partition coefficient (Wildman–Crippen LogP) is 1.39. The van der Waals surface area contributed by atoms with Crippen molar-refractivity contribution >= 4 is 10.0 Å². The van der Waals surface area contributed by atoms with Crippen LogP contribution < -0.4 is 0 Å². The quantitative estimate of drug-likeness (QED) is 0.898. The van der Waals surface area contributed by atoms with E-state index in [2.05, 4.69) is 6.92 Å². The smallest absolute Gasteiger partial charge is 0.243 e. The van der Waals surface area contributed by atoms with E-state index in [1.807, 2.05) is 12.1 Å². The van der Waals surface area contributed by atoms with E-state index in [1.165, 1.54) is 4.31 Å². The summed E-state index contributed by atoms with van der Waals surface area (Å²) in [5.41, 5.74) is 0.266. The SMILES string of the molecule is CCCc1ccc(S(=O)(=O)N2CC(C)(O)C2)cc1. The molecule has 1 N–H and O–H groups in total. The van der Waals surface area contributed by atoms with Crippen molar-refractivity contribution in [2.24, 2.45) is 0 Å². The Morgan fingerprint density at radius 1 is 1.28 bits per heavy atom. The monoisotopic (exact) mass is 269 g/mol. The van der Waals surface area contributed by atoms with E-state index in [-0.39, 0.29) is 13.1 Å². The Morgan fingerprint density at radius 3 is 2.28 bits per heavy atom. The third kappa shape index (κ3) is 2.58. The van der Waals surface area contributed by atoms with Crippen LogP contribution in [0, 0.1) is 0 Å². The van der Waals surface area contributed by atoms with Crippen LogP contribution in [0.3, 0.4) is 0 Å². The van der Waals surface area contributed by atoms with Crippen molar-refractivity contribution in [3.8, 4) is 0 Å². The van der Waals surface area contributed by atoms with Gasteiger partial charge in [0, 0.05) is 13.1 Å². The molecule has 0 bridgehead atoms. The number of rotatable bonds is 4. The lowest BCUT2D eigenvalue weighted by Gasteiger charge is -2.42. The molecule has 1 aromatic carbocycles. The first kappa shape index (κ1) is 13.5. The van der Waals surface area contributed by atoms with E-state index in [0.29, 0.717) is 4.90 Å². The van der Waals surface area contributed by atoms with E-state index in [4.69, 9.17) is 0 Å². The Balaban J connectivity index is 2.16. The zero-order valence-electron chi connectivity index (χ0n) is 10.8. The second-order valence-electron chi connectivity index (χ2n) is 5.16. The van der Waals surface area contributed by atoms with Crippen LogP contribution in [0.1, 0.15) is 25.8 Å². The van der Waals surface area contributed by atoms with Crippen LogP contribution in [0.15, 0.2) is 29.2 Å². The molecule has 0 amide bonds. The van der Waals surface area contributed by atoms with Crippen LogP contribution in [0.2, 0.25) is 0 Å². The molecule has 18 heavy (non-hydrogen) atoms. The molecule has 1 aliphatic rings. The molecule has 1 heterocycles. The van der Waals surface area contributed by atoms with E-state index < -0.39 is 15.6 Å². The van der Waals surface area contributed by atoms with Gasteiger partial charge in [-0.25, -0.2) is 8.42 Å². The van der Waals surface area contributed by atoms with Crippen LogP contribution >= 0.6 is 0 Å². The molecule has 100 valence electrons. The van der Waals surface area contributed by atoms with Gasteiger partial charge in [0.15, 0.2) is 0 Å². The van der Waals surface area contributed by atoms with Crippen LogP contribution in [0.5, 0.6) is 0 Å². The largest absolute Gasteiger partial charge is 0.387 e. The average Bonchev–Trinajstić information content (AvgIpc) is 2.27. The Bertz CT molecular complexity index is 512. The summed E-state index contributed by atoms with van der Waals surface area (Å²) in [4.78, 5) is 0.304. The zero-order chi connectivity index (χ0) is 13.4. The number of hydrogen-bond acceptors (Lipinski definition) is 3. The third-order valence-corrected chi connectivity index (χ3v) is 4.94. The zero-order valence-corrected chi connectivity index (χ0v) is 11.6. The van der Waals surface area contributed by atoms with Crippen molar-refractivity contribution < 1.29 is 13.5 Å². The molecule has 1 saturated heterocycles. The maximum Gasteiger partial charge on any atom is 0.243 e. The van der Waals surface area contributed by atoms with Gasteiger partial charge in [-0.05, 0) is 31.0 Å². The molecule has 2 rings (SSSR count). The molecule has 0 spiro atoms. The molecule has 0 unspecified atom stereocenters. The van der Waals surface area contributed by atoms with E-state index >= 15 is 0 Å². The fourth-order valence-electron chi connectivity index (χ4n) is 2.15. The number of benzene rings is 1. The first-order valence-corrected chi connectivity index (χ1v) is 7.61. The van der Waals surface area contributed by atoms with Crippen molar-refractivity contribution in [3.05, 3.63) is 29.8 Å². The number of nitrogens with zero attached hydrogens (tertiary/aromatic N) is 1. The topological polar surface area (TPSA) is 57.6 Å². The first-order valence-electron chi connectivity index (χ1n) is 6.17. The van der Waals surface area contributed by atoms with Crippen molar-refractivity contribution in [3.63, 3.8) is 0 Å². The van der Waals surface area contributed by atoms with Gasteiger partial charge >= 0.3 is 0 Å². The minimum absolute atomic E-state index is 0.173. The van der Waals surface area contributed by atoms with E-state index in [0.717, 1.165) is 18.4 Å². The Kier molecular flexibility index (Phi) is 3.49. The summed E-state index contributed by atoms with van der Waals surface area (Å²) < 4.78 is 25.7. The highest BCUT2D eigenvalue weighted by Crippen LogP contribution is 2.27. The van der Waals surface area contributed by atoms with Crippen molar-refractivity contribution in [1.82, 2.24) is 4.31 Å². The maximum absolute atomic E-state index is 12.2. The molecule has 0 radical (unpaired) electrons. The molecule has 0 aromatic heterocycles. The van der Waals surface area contributed by atoms with Gasteiger partial charge in [0.05, 0.1) is 10.5 Å². The highest BCUT2D eigenvalue weighted by atomic mass is 32.2. The van der Waals surface area contributed by atoms with Gasteiger partial charge in [-0.2, -0.15) is 4.31 Å². The molecule has 1 aromatic rings. The predicted molar refractivity (Wildman–Crippen MR) is 69.8 cm³/mol. The molecule has 5 heteroatoms. The highest BCUT2D eigenvalue weighted by molar-refractivity contribution is 7.89. The summed E-state index contributed by atoms with van der Waals surface area (Å²) in [5.74, 6) is 0. The summed E-state index contributed by atoms with van der Waals surface area (Å²) in [5, 5.41) is 9.60. The highest BCUT2D eigenvalue weighted by Gasteiger charge is 2.43. The van der Waals surface area contributed by atoms with E-state index in [9.17, 15) is 13.5 Å². The fraction of sp³-hybridized carbons (Fsp3) is 0.538. The summed E-state index contributed by atoms with van der Waals surface area (Å²) >= 11 is 0. The molecule has 0 saturated carbocycles. The molecule has 0 aliphatic carbocycles. The van der Waals surface area contributed by atoms with Crippen LogP contribution in [-0.2, 0) is 16.4 Å². The van der Waals surface area contributed by atoms with Crippen molar-refractivity contribution in [1.29, 1.82) is 0 Å². The lowest BCUT2D eigenvalue weighted by Crippen LogP contribution is -2.61. The summed E-state index contributed by atoms with van der Waals surface area (Å²) in [6.45, 7) is 4.08. The van der Waals surface area contributed by atoms with Gasteiger partial charge in [-0.1, -0.05) is 25.5 Å². The number of β-amino-alcohol motifs (C(OH)–C–C–N with tert-alkyl or cyclic N) is 1. The molecule has 0 atom stereocenters. The van der Waals surface area contributed by atoms with Gasteiger partial charge in [-0.3, -0.25) is 0 Å². The van der Waals surface area contributed by atoms with Gasteiger partial charge in [0.1, 0.15) is 0 Å².